The molecule has 2 atom stereocenters. The topological polar surface area (TPSA) is 48.2 Å². The maximum atomic E-state index is 6.12. The van der Waals surface area contributed by atoms with Gasteiger partial charge in [-0.05, 0) is 42.9 Å². The van der Waals surface area contributed by atoms with Crippen molar-refractivity contribution in [3.63, 3.8) is 0 Å². The van der Waals surface area contributed by atoms with Crippen LogP contribution in [0.15, 0.2) is 33.2 Å². The minimum Gasteiger partial charge on any atom is -0.424 e. The Balaban J connectivity index is 1.74. The lowest BCUT2D eigenvalue weighted by atomic mass is 9.74. The number of rotatable bonds is 3. The molecule has 1 aromatic carbocycles. The standard InChI is InChI=1S/C17H19BrN2O2/c1-11-10-14(11)15-19-20-16(22-15)17(6-8-21-9-7-17)12-2-4-13(18)5-3-12/h2-5,11,14H,6-10H2,1H3/t11-,14-/m0/s1. The van der Waals surface area contributed by atoms with Crippen LogP contribution in [-0.4, -0.2) is 23.4 Å². The van der Waals surface area contributed by atoms with Crippen LogP contribution in [-0.2, 0) is 10.2 Å². The van der Waals surface area contributed by atoms with Crippen molar-refractivity contribution in [2.24, 2.45) is 5.92 Å². The monoisotopic (exact) mass is 362 g/mol. The molecule has 2 aromatic rings. The lowest BCUT2D eigenvalue weighted by Crippen LogP contribution is -2.35. The zero-order valence-corrected chi connectivity index (χ0v) is 14.2. The van der Waals surface area contributed by atoms with Gasteiger partial charge in [-0.2, -0.15) is 0 Å². The van der Waals surface area contributed by atoms with E-state index in [1.165, 1.54) is 5.56 Å². The average molecular weight is 363 g/mol. The highest BCUT2D eigenvalue weighted by atomic mass is 79.9. The Bertz CT molecular complexity index is 662. The third-order valence-electron chi connectivity index (χ3n) is 5.02. The molecule has 1 aliphatic carbocycles. The van der Waals surface area contributed by atoms with Crippen LogP contribution in [0.25, 0.3) is 0 Å². The molecular formula is C17H19BrN2O2. The van der Waals surface area contributed by atoms with Gasteiger partial charge in [0.2, 0.25) is 11.8 Å². The third kappa shape index (κ3) is 2.40. The first-order valence-corrected chi connectivity index (χ1v) is 8.66. The van der Waals surface area contributed by atoms with E-state index in [-0.39, 0.29) is 5.41 Å². The zero-order valence-electron chi connectivity index (χ0n) is 12.6. The second kappa shape index (κ2) is 5.46. The number of benzene rings is 1. The number of aromatic nitrogens is 2. The Morgan fingerprint density at radius 3 is 2.45 bits per heavy atom. The highest BCUT2D eigenvalue weighted by molar-refractivity contribution is 9.10. The van der Waals surface area contributed by atoms with Crippen LogP contribution in [0.5, 0.6) is 0 Å². The molecule has 0 unspecified atom stereocenters. The molecule has 0 bridgehead atoms. The van der Waals surface area contributed by atoms with E-state index in [9.17, 15) is 0 Å². The van der Waals surface area contributed by atoms with Crippen LogP contribution >= 0.6 is 15.9 Å². The van der Waals surface area contributed by atoms with Crippen LogP contribution in [0.2, 0.25) is 0 Å². The van der Waals surface area contributed by atoms with Gasteiger partial charge in [-0.3, -0.25) is 0 Å². The van der Waals surface area contributed by atoms with Gasteiger partial charge in [0.15, 0.2) is 0 Å². The number of hydrogen-bond donors (Lipinski definition) is 0. The fourth-order valence-corrected chi connectivity index (χ4v) is 3.62. The van der Waals surface area contributed by atoms with E-state index in [1.54, 1.807) is 0 Å². The number of hydrogen-bond acceptors (Lipinski definition) is 4. The van der Waals surface area contributed by atoms with E-state index in [0.29, 0.717) is 11.8 Å². The molecule has 1 saturated carbocycles. The largest absolute Gasteiger partial charge is 0.424 e. The molecule has 4 rings (SSSR count). The van der Waals surface area contributed by atoms with Crippen molar-refractivity contribution in [3.05, 3.63) is 46.1 Å². The summed E-state index contributed by atoms with van der Waals surface area (Å²) in [7, 11) is 0. The summed E-state index contributed by atoms with van der Waals surface area (Å²) < 4.78 is 12.8. The normalized spacial score (nSPS) is 26.8. The molecule has 0 spiro atoms. The SMILES string of the molecule is C[C@H]1C[C@@H]1c1nnc(C2(c3ccc(Br)cc3)CCOCC2)o1. The first kappa shape index (κ1) is 14.4. The second-order valence-electron chi connectivity index (χ2n) is 6.47. The molecule has 2 aliphatic rings. The van der Waals surface area contributed by atoms with E-state index in [1.807, 2.05) is 0 Å². The Morgan fingerprint density at radius 2 is 1.82 bits per heavy atom. The van der Waals surface area contributed by atoms with Crippen LogP contribution in [0.3, 0.4) is 0 Å². The van der Waals surface area contributed by atoms with Gasteiger partial charge in [0.05, 0.1) is 5.41 Å². The van der Waals surface area contributed by atoms with Gasteiger partial charge < -0.3 is 9.15 Å². The van der Waals surface area contributed by atoms with Crippen molar-refractivity contribution in [1.29, 1.82) is 0 Å². The molecule has 0 N–H and O–H groups in total. The van der Waals surface area contributed by atoms with E-state index in [0.717, 1.165) is 48.7 Å². The molecule has 1 aliphatic heterocycles. The van der Waals surface area contributed by atoms with Crippen molar-refractivity contribution < 1.29 is 9.15 Å². The summed E-state index contributed by atoms with van der Waals surface area (Å²) in [6, 6.07) is 8.46. The molecule has 116 valence electrons. The third-order valence-corrected chi connectivity index (χ3v) is 5.55. The molecule has 2 heterocycles. The highest BCUT2D eigenvalue weighted by Crippen LogP contribution is 2.48. The molecule has 0 radical (unpaired) electrons. The first-order chi connectivity index (χ1) is 10.7. The van der Waals surface area contributed by atoms with Crippen molar-refractivity contribution in [2.45, 2.75) is 37.5 Å². The molecular weight excluding hydrogens is 344 g/mol. The number of halogens is 1. The van der Waals surface area contributed by atoms with Crippen molar-refractivity contribution in [3.8, 4) is 0 Å². The predicted molar refractivity (Wildman–Crippen MR) is 85.8 cm³/mol. The molecule has 2 fully saturated rings. The lowest BCUT2D eigenvalue weighted by molar-refractivity contribution is 0.0540. The summed E-state index contributed by atoms with van der Waals surface area (Å²) in [6.07, 6.45) is 2.93. The number of ether oxygens (including phenoxy) is 1. The number of nitrogens with zero attached hydrogens (tertiary/aromatic N) is 2. The van der Waals surface area contributed by atoms with E-state index in [4.69, 9.17) is 9.15 Å². The van der Waals surface area contributed by atoms with Gasteiger partial charge in [0.1, 0.15) is 0 Å². The Kier molecular flexibility index (Phi) is 3.57. The summed E-state index contributed by atoms with van der Waals surface area (Å²) in [6.45, 7) is 3.69. The summed E-state index contributed by atoms with van der Waals surface area (Å²) in [5, 5.41) is 8.75. The van der Waals surface area contributed by atoms with Gasteiger partial charge in [0, 0.05) is 23.6 Å². The molecule has 1 saturated heterocycles. The predicted octanol–water partition coefficient (Wildman–Crippen LogP) is 4.05. The minimum atomic E-state index is -0.206. The molecule has 0 amide bonds. The van der Waals surface area contributed by atoms with Crippen molar-refractivity contribution in [1.82, 2.24) is 10.2 Å². The smallest absolute Gasteiger partial charge is 0.227 e. The van der Waals surface area contributed by atoms with Gasteiger partial charge in [-0.1, -0.05) is 35.0 Å². The first-order valence-electron chi connectivity index (χ1n) is 7.87. The summed E-state index contributed by atoms with van der Waals surface area (Å²) in [5.41, 5.74) is 1.03. The van der Waals surface area contributed by atoms with Crippen LogP contribution in [0.4, 0.5) is 0 Å². The van der Waals surface area contributed by atoms with Gasteiger partial charge in [-0.15, -0.1) is 10.2 Å². The average Bonchev–Trinajstić information content (AvgIpc) is 3.08. The zero-order chi connectivity index (χ0) is 15.2. The van der Waals surface area contributed by atoms with Gasteiger partial charge >= 0.3 is 0 Å². The molecule has 1 aromatic heterocycles. The Morgan fingerprint density at radius 1 is 1.14 bits per heavy atom. The Hall–Kier alpha value is -1.20. The molecule has 5 heteroatoms. The minimum absolute atomic E-state index is 0.206. The summed E-state index contributed by atoms with van der Waals surface area (Å²) >= 11 is 3.51. The highest BCUT2D eigenvalue weighted by Gasteiger charge is 2.44. The molecule has 4 nitrogen and oxygen atoms in total. The van der Waals surface area contributed by atoms with Crippen molar-refractivity contribution >= 4 is 15.9 Å². The molecule has 22 heavy (non-hydrogen) atoms. The van der Waals surface area contributed by atoms with Crippen LogP contribution < -0.4 is 0 Å². The van der Waals surface area contributed by atoms with Crippen LogP contribution in [0, 0.1) is 5.92 Å². The van der Waals surface area contributed by atoms with Crippen molar-refractivity contribution in [2.75, 3.05) is 13.2 Å². The quantitative estimate of drug-likeness (QED) is 0.826. The van der Waals surface area contributed by atoms with Gasteiger partial charge in [0.25, 0.3) is 0 Å². The summed E-state index contributed by atoms with van der Waals surface area (Å²) in [4.78, 5) is 0. The van der Waals surface area contributed by atoms with E-state index in [2.05, 4.69) is 57.3 Å². The lowest BCUT2D eigenvalue weighted by Gasteiger charge is -2.34. The van der Waals surface area contributed by atoms with Gasteiger partial charge in [-0.25, -0.2) is 0 Å². The maximum absolute atomic E-state index is 6.12. The summed E-state index contributed by atoms with van der Waals surface area (Å²) in [5.74, 6) is 2.70. The van der Waals surface area contributed by atoms with E-state index >= 15 is 0 Å². The second-order valence-corrected chi connectivity index (χ2v) is 7.38. The maximum Gasteiger partial charge on any atom is 0.227 e. The van der Waals surface area contributed by atoms with E-state index < -0.39 is 0 Å². The van der Waals surface area contributed by atoms with Crippen LogP contribution in [0.1, 0.15) is 49.4 Å². The Labute approximate surface area is 138 Å². The fourth-order valence-electron chi connectivity index (χ4n) is 3.36. The fraction of sp³-hybridized carbons (Fsp3) is 0.529.